The molecule has 1 N–H and O–H groups in total. The number of aryl methyl sites for hydroxylation is 1. The number of hydrogen-bond donors (Lipinski definition) is 1. The number of carbonyl (C=O) groups is 1. The number of rotatable bonds is 14. The molecule has 0 spiro atoms. The molecule has 0 saturated carbocycles. The third kappa shape index (κ3) is 11.2. The summed E-state index contributed by atoms with van der Waals surface area (Å²) in [6, 6.07) is 9.33. The minimum atomic E-state index is -4.57. The van der Waals surface area contributed by atoms with Crippen molar-refractivity contribution in [3.8, 4) is 0 Å². The second-order valence-electron chi connectivity index (χ2n) is 8.35. The van der Waals surface area contributed by atoms with Crippen LogP contribution in [0.5, 0.6) is 0 Å². The fraction of sp³-hybridized carbons (Fsp3) is 0.160. The molecule has 0 fully saturated rings. The molecule has 0 aliphatic heterocycles. The third-order valence-corrected chi connectivity index (χ3v) is 15.2. The number of sulfone groups is 4. The van der Waals surface area contributed by atoms with Gasteiger partial charge in [-0.3, -0.25) is 0 Å². The van der Waals surface area contributed by atoms with Crippen LogP contribution in [0.4, 0.5) is 0 Å². The third-order valence-electron chi connectivity index (χ3n) is 5.57. The van der Waals surface area contributed by atoms with E-state index in [1.165, 1.54) is 12.1 Å². The van der Waals surface area contributed by atoms with E-state index in [9.17, 15) is 51.4 Å². The zero-order valence-corrected chi connectivity index (χ0v) is 29.3. The first-order valence-electron chi connectivity index (χ1n) is 11.4. The van der Waals surface area contributed by atoms with Crippen molar-refractivity contribution in [2.24, 2.45) is 0 Å². The smallest absolute Gasteiger partial charge is 0.744 e. The van der Waals surface area contributed by atoms with Crippen LogP contribution in [0, 0.1) is 0 Å². The molecule has 236 valence electrons. The van der Waals surface area contributed by atoms with Crippen LogP contribution < -0.4 is 29.6 Å². The quantitative estimate of drug-likeness (QED) is 0.192. The Balaban J connectivity index is 0.000000829. The van der Waals surface area contributed by atoms with E-state index in [1.807, 2.05) is 0 Å². The zero-order valence-electron chi connectivity index (χ0n) is 23.2. The van der Waals surface area contributed by atoms with Crippen molar-refractivity contribution in [2.45, 2.75) is 26.9 Å². The number of carboxylic acids is 1. The summed E-state index contributed by atoms with van der Waals surface area (Å²) in [5.74, 6) is -1.20. The fourth-order valence-corrected chi connectivity index (χ4v) is 10.5. The molecular formula is C25H27NaO13S5. The molecule has 0 saturated heterocycles. The average Bonchev–Trinajstić information content (AvgIpc) is 2.93. The van der Waals surface area contributed by atoms with Gasteiger partial charge in [0.1, 0.15) is 10.1 Å². The van der Waals surface area contributed by atoms with Crippen LogP contribution in [-0.4, -0.2) is 62.3 Å². The molecule has 0 radical (unpaired) electrons. The number of benzene rings is 2. The van der Waals surface area contributed by atoms with Crippen LogP contribution in [0.1, 0.15) is 32.5 Å². The molecular weight excluding hydrogens is 692 g/mol. The normalized spacial score (nSPS) is 12.2. The van der Waals surface area contributed by atoms with Crippen LogP contribution in [0.15, 0.2) is 101 Å². The predicted molar refractivity (Wildman–Crippen MR) is 159 cm³/mol. The summed E-state index contributed by atoms with van der Waals surface area (Å²) in [6.07, 6.45) is -0.212. The van der Waals surface area contributed by atoms with Gasteiger partial charge < -0.3 is 9.66 Å². The molecule has 0 amide bonds. The summed E-state index contributed by atoms with van der Waals surface area (Å²) in [5, 5.41) is 11.0. The van der Waals surface area contributed by atoms with Crippen molar-refractivity contribution >= 4 is 55.4 Å². The summed E-state index contributed by atoms with van der Waals surface area (Å²) in [7, 11) is -21.0. The monoisotopic (exact) mass is 718 g/mol. The van der Waals surface area contributed by atoms with Crippen molar-refractivity contribution in [2.75, 3.05) is 0 Å². The van der Waals surface area contributed by atoms with Gasteiger partial charge in [-0.25, -0.2) is 46.9 Å². The van der Waals surface area contributed by atoms with Gasteiger partial charge in [-0.05, 0) is 48.2 Å². The first-order valence-corrected chi connectivity index (χ1v) is 19.3. The minimum Gasteiger partial charge on any atom is -0.744 e. The molecule has 2 aromatic carbocycles. The predicted octanol–water partition coefficient (Wildman–Crippen LogP) is -0.530. The van der Waals surface area contributed by atoms with Crippen molar-refractivity contribution in [1.82, 2.24) is 0 Å². The van der Waals surface area contributed by atoms with E-state index in [1.54, 1.807) is 0 Å². The van der Waals surface area contributed by atoms with Crippen molar-refractivity contribution < 1.29 is 86.1 Å². The van der Waals surface area contributed by atoms with Gasteiger partial charge >= 0.3 is 35.5 Å². The molecule has 44 heavy (non-hydrogen) atoms. The van der Waals surface area contributed by atoms with E-state index in [-0.39, 0.29) is 53.5 Å². The maximum absolute atomic E-state index is 11.9. The second kappa shape index (κ2) is 16.2. The van der Waals surface area contributed by atoms with Crippen LogP contribution >= 0.6 is 0 Å². The van der Waals surface area contributed by atoms with Gasteiger partial charge in [-0.2, -0.15) is 0 Å². The summed E-state index contributed by atoms with van der Waals surface area (Å²) < 4.78 is 124. The fourth-order valence-electron chi connectivity index (χ4n) is 3.36. The van der Waals surface area contributed by atoms with Crippen molar-refractivity contribution in [1.29, 1.82) is 0 Å². The first-order chi connectivity index (χ1) is 19.6. The molecule has 0 heterocycles. The number of hydrogen-bond acceptors (Lipinski definition) is 12. The Morgan fingerprint density at radius 1 is 0.682 bits per heavy atom. The van der Waals surface area contributed by atoms with Gasteiger partial charge in [-0.15, -0.1) is 0 Å². The maximum atomic E-state index is 11.9. The molecule has 0 aliphatic rings. The Morgan fingerprint density at radius 3 is 1.39 bits per heavy atom. The molecule has 0 unspecified atom stereocenters. The molecule has 2 aromatic rings. The Labute approximate surface area is 279 Å². The van der Waals surface area contributed by atoms with E-state index in [4.69, 9.17) is 5.11 Å². The number of carboxylic acid groups (broad SMARTS) is 1. The van der Waals surface area contributed by atoms with Crippen LogP contribution in [0.2, 0.25) is 0 Å². The Kier molecular flexibility index (Phi) is 15.3. The summed E-state index contributed by atoms with van der Waals surface area (Å²) in [4.78, 5) is 10.3. The van der Waals surface area contributed by atoms with Gasteiger partial charge in [0, 0.05) is 21.6 Å². The Bertz CT molecular complexity index is 1850. The largest absolute Gasteiger partial charge is 1.00 e. The van der Waals surface area contributed by atoms with Crippen molar-refractivity contribution in [3.63, 3.8) is 0 Å². The Morgan fingerprint density at radius 2 is 1.07 bits per heavy atom. The van der Waals surface area contributed by atoms with E-state index in [0.29, 0.717) is 27.2 Å². The second-order valence-corrected chi connectivity index (χ2v) is 18.5. The summed E-state index contributed by atoms with van der Waals surface area (Å²) >= 11 is 0. The zero-order chi connectivity index (χ0) is 33.4. The average molecular weight is 719 g/mol. The van der Waals surface area contributed by atoms with Crippen LogP contribution in [-0.2, 0) is 55.9 Å². The maximum Gasteiger partial charge on any atom is 1.00 e. The van der Waals surface area contributed by atoms with Crippen LogP contribution in [0.25, 0.3) is 0 Å². The topological polar surface area (TPSA) is 231 Å². The molecule has 0 atom stereocenters. The molecule has 0 bridgehead atoms. The standard InChI is InChI=1S/C13H16O7S3.C12H12O6S2.Na/c1-3-21(14,15)13(22(16,17)4-2)10-7-11-5-8-12(9-6-11)23(18,19)20;1-3-19(15,16)12(20(17,18)4-2)10-7-5-9(6-8-10)11(13)14;/h3-6,8-9,13H,1-2,7,10H2,(H,18,19,20);3-8,12H,1-2H2,(H,13,14);/q;;+1/p-1. The Hall–Kier alpha value is -2.42. The van der Waals surface area contributed by atoms with E-state index in [2.05, 4.69) is 26.3 Å². The van der Waals surface area contributed by atoms with Gasteiger partial charge in [0.15, 0.2) is 48.5 Å². The van der Waals surface area contributed by atoms with E-state index < -0.39 is 69.5 Å². The van der Waals surface area contributed by atoms with Crippen molar-refractivity contribution in [3.05, 3.63) is 113 Å². The molecule has 0 aliphatic carbocycles. The molecule has 2 rings (SSSR count). The first kappa shape index (κ1) is 41.6. The number of aromatic carboxylic acids is 1. The molecule has 13 nitrogen and oxygen atoms in total. The van der Waals surface area contributed by atoms with Gasteiger partial charge in [0.2, 0.25) is 0 Å². The summed E-state index contributed by atoms with van der Waals surface area (Å²) in [6.45, 7) is 12.4. The van der Waals surface area contributed by atoms with E-state index in [0.717, 1.165) is 36.4 Å². The van der Waals surface area contributed by atoms with E-state index >= 15 is 0 Å². The summed E-state index contributed by atoms with van der Waals surface area (Å²) in [5.41, 5.74) is 0.329. The minimum absolute atomic E-state index is 0. The van der Waals surface area contributed by atoms with Gasteiger partial charge in [0.05, 0.1) is 10.5 Å². The molecule has 19 heteroatoms. The van der Waals surface area contributed by atoms with Gasteiger partial charge in [-0.1, -0.05) is 50.6 Å². The van der Waals surface area contributed by atoms with Gasteiger partial charge in [0.25, 0.3) is 0 Å². The SMILES string of the molecule is C=CS(=O)(=O)C(CCc1ccc(S(=O)(=O)[O-])cc1)S(=O)(=O)C=C.C=CS(=O)(=O)C(c1ccc(C(=O)O)cc1)S(=O)(=O)C=C.[Na+]. The molecule has 0 aromatic heterocycles. The van der Waals surface area contributed by atoms with Crippen LogP contribution in [0.3, 0.4) is 0 Å².